The fraction of sp³-hybridized carbons (Fsp3) is 0.833. The molecule has 0 aromatic carbocycles. The Balaban J connectivity index is 1.80. The second-order valence-corrected chi connectivity index (χ2v) is 9.09. The van der Waals surface area contributed by atoms with Gasteiger partial charge >= 0.3 is 0 Å². The Bertz CT molecular complexity index is 469. The van der Waals surface area contributed by atoms with E-state index in [1.807, 2.05) is 0 Å². The Labute approximate surface area is 181 Å². The van der Waals surface area contributed by atoms with E-state index < -0.39 is 0 Å². The summed E-state index contributed by atoms with van der Waals surface area (Å²) in [4.78, 5) is 12.3. The van der Waals surface area contributed by atoms with Crippen molar-refractivity contribution in [3.63, 3.8) is 0 Å². The van der Waals surface area contributed by atoms with Gasteiger partial charge in [-0.25, -0.2) is 0 Å². The van der Waals surface area contributed by atoms with Crippen molar-refractivity contribution in [3.05, 3.63) is 24.8 Å². The van der Waals surface area contributed by atoms with Gasteiger partial charge in [0.05, 0.1) is 12.3 Å². The van der Waals surface area contributed by atoms with Crippen LogP contribution in [-0.2, 0) is 0 Å². The Morgan fingerprint density at radius 1 is 0.793 bits per heavy atom. The van der Waals surface area contributed by atoms with E-state index in [-0.39, 0.29) is 0 Å². The molecule has 0 bridgehead atoms. The minimum Gasteiger partial charge on any atom is -0.359 e. The van der Waals surface area contributed by atoms with Crippen molar-refractivity contribution in [3.8, 4) is 0 Å². The third-order valence-corrected chi connectivity index (χ3v) is 6.97. The zero-order valence-electron chi connectivity index (χ0n) is 20.1. The molecule has 0 spiro atoms. The van der Waals surface area contributed by atoms with Crippen molar-refractivity contribution < 1.29 is 0 Å². The highest BCUT2D eigenvalue weighted by atomic mass is 15.4. The van der Waals surface area contributed by atoms with Crippen molar-refractivity contribution in [2.24, 2.45) is 5.92 Å². The van der Waals surface area contributed by atoms with Crippen LogP contribution in [0.2, 0.25) is 0 Å². The van der Waals surface area contributed by atoms with Gasteiger partial charge in [-0.3, -0.25) is 0 Å². The predicted molar refractivity (Wildman–Crippen MR) is 125 cm³/mol. The summed E-state index contributed by atoms with van der Waals surface area (Å²) < 4.78 is 0. The van der Waals surface area contributed by atoms with Gasteiger partial charge in [0.25, 0.3) is 0 Å². The molecule has 2 aliphatic heterocycles. The van der Waals surface area contributed by atoms with E-state index >= 15 is 0 Å². The van der Waals surface area contributed by atoms with Crippen LogP contribution in [0.15, 0.2) is 24.8 Å². The van der Waals surface area contributed by atoms with E-state index in [0.29, 0.717) is 12.3 Å². The molecule has 5 heteroatoms. The van der Waals surface area contributed by atoms with Gasteiger partial charge in [0.1, 0.15) is 0 Å². The van der Waals surface area contributed by atoms with E-state index in [1.54, 1.807) is 0 Å². The maximum atomic E-state index is 2.76. The topological polar surface area (TPSA) is 16.2 Å². The first-order chi connectivity index (χ1) is 14.0. The monoisotopic (exact) mass is 405 g/mol. The molecule has 0 aromatic heterocycles. The summed E-state index contributed by atoms with van der Waals surface area (Å²) in [7, 11) is 4.33. The SMILES string of the molecule is CCCCC(CC)CN(CCCN1C=CN(C)C1C)CCCN1C=CN(C)C1C. The summed E-state index contributed by atoms with van der Waals surface area (Å²) in [5, 5.41) is 0. The molecule has 0 aliphatic carbocycles. The lowest BCUT2D eigenvalue weighted by atomic mass is 9.98. The predicted octanol–water partition coefficient (Wildman–Crippen LogP) is 4.41. The van der Waals surface area contributed by atoms with Crippen LogP contribution in [0.5, 0.6) is 0 Å². The van der Waals surface area contributed by atoms with Crippen LogP contribution in [-0.4, -0.2) is 83.7 Å². The van der Waals surface area contributed by atoms with Crippen molar-refractivity contribution in [2.75, 3.05) is 46.8 Å². The largest absolute Gasteiger partial charge is 0.359 e. The molecule has 0 N–H and O–H groups in total. The van der Waals surface area contributed by atoms with Crippen molar-refractivity contribution in [1.29, 1.82) is 0 Å². The fourth-order valence-electron chi connectivity index (χ4n) is 4.40. The molecule has 0 radical (unpaired) electrons. The molecule has 0 aromatic rings. The standard InChI is InChI=1S/C24H47N5/c1-7-9-12-24(8-2)21-27(13-10-15-28-19-17-25(5)22(28)3)14-11-16-29-20-18-26(6)23(29)4/h17-20,22-24H,7-16,21H2,1-6H3. The minimum atomic E-state index is 0.497. The van der Waals surface area contributed by atoms with Gasteiger partial charge < -0.3 is 24.5 Å². The molecule has 2 aliphatic rings. The number of nitrogens with zero attached hydrogens (tertiary/aromatic N) is 5. The van der Waals surface area contributed by atoms with E-state index in [2.05, 4.69) is 91.1 Å². The third kappa shape index (κ3) is 7.44. The Kier molecular flexibility index (Phi) is 10.2. The first-order valence-corrected chi connectivity index (χ1v) is 12.0. The van der Waals surface area contributed by atoms with Crippen LogP contribution in [0.3, 0.4) is 0 Å². The first-order valence-electron chi connectivity index (χ1n) is 12.0. The van der Waals surface area contributed by atoms with Crippen molar-refractivity contribution in [1.82, 2.24) is 24.5 Å². The molecule has 0 amide bonds. The summed E-state index contributed by atoms with van der Waals surface area (Å²) in [6.45, 7) is 15.3. The maximum Gasteiger partial charge on any atom is 0.0974 e. The molecule has 0 saturated carbocycles. The molecule has 2 rings (SSSR count). The normalized spacial score (nSPS) is 22.6. The second-order valence-electron chi connectivity index (χ2n) is 9.09. The minimum absolute atomic E-state index is 0.497. The molecule has 168 valence electrons. The summed E-state index contributed by atoms with van der Waals surface area (Å²) in [5.41, 5.74) is 0. The molecule has 2 heterocycles. The highest BCUT2D eigenvalue weighted by Gasteiger charge is 2.20. The van der Waals surface area contributed by atoms with Gasteiger partial charge in [-0.15, -0.1) is 0 Å². The smallest absolute Gasteiger partial charge is 0.0974 e. The molecule has 0 fully saturated rings. The van der Waals surface area contributed by atoms with Gasteiger partial charge in [-0.1, -0.05) is 33.1 Å². The highest BCUT2D eigenvalue weighted by Crippen LogP contribution is 2.18. The van der Waals surface area contributed by atoms with Gasteiger partial charge in [0, 0.05) is 58.5 Å². The van der Waals surface area contributed by atoms with Crippen LogP contribution in [0.4, 0.5) is 0 Å². The van der Waals surface area contributed by atoms with Crippen LogP contribution in [0, 0.1) is 5.92 Å². The average molecular weight is 406 g/mol. The molecule has 3 unspecified atom stereocenters. The lowest BCUT2D eigenvalue weighted by molar-refractivity contribution is 0.159. The molecule has 29 heavy (non-hydrogen) atoms. The van der Waals surface area contributed by atoms with Crippen LogP contribution in [0.25, 0.3) is 0 Å². The summed E-state index contributed by atoms with van der Waals surface area (Å²) in [5.74, 6) is 0.850. The van der Waals surface area contributed by atoms with E-state index in [4.69, 9.17) is 0 Å². The number of rotatable bonds is 14. The molecule has 0 saturated heterocycles. The lowest BCUT2D eigenvalue weighted by Gasteiger charge is -2.31. The lowest BCUT2D eigenvalue weighted by Crippen LogP contribution is -2.38. The first kappa shape index (κ1) is 23.9. The van der Waals surface area contributed by atoms with Crippen molar-refractivity contribution in [2.45, 2.75) is 78.6 Å². The molecule has 5 nitrogen and oxygen atoms in total. The van der Waals surface area contributed by atoms with Crippen molar-refractivity contribution >= 4 is 0 Å². The van der Waals surface area contributed by atoms with E-state index in [0.717, 1.165) is 19.0 Å². The van der Waals surface area contributed by atoms with Gasteiger partial charge in [-0.05, 0) is 52.1 Å². The average Bonchev–Trinajstić information content (AvgIpc) is 3.21. The van der Waals surface area contributed by atoms with E-state index in [1.165, 1.54) is 58.2 Å². The Morgan fingerprint density at radius 3 is 1.69 bits per heavy atom. The Morgan fingerprint density at radius 2 is 1.31 bits per heavy atom. The summed E-state index contributed by atoms with van der Waals surface area (Å²) in [6, 6.07) is 0. The van der Waals surface area contributed by atoms with Gasteiger partial charge in [-0.2, -0.15) is 0 Å². The van der Waals surface area contributed by atoms with Crippen LogP contribution in [0.1, 0.15) is 66.2 Å². The number of hydrogen-bond acceptors (Lipinski definition) is 5. The quantitative estimate of drug-likeness (QED) is 0.424. The summed E-state index contributed by atoms with van der Waals surface area (Å²) >= 11 is 0. The van der Waals surface area contributed by atoms with Gasteiger partial charge in [0.2, 0.25) is 0 Å². The molecular weight excluding hydrogens is 358 g/mol. The van der Waals surface area contributed by atoms with Crippen LogP contribution < -0.4 is 0 Å². The fourth-order valence-corrected chi connectivity index (χ4v) is 4.40. The zero-order chi connectivity index (χ0) is 21.2. The number of hydrogen-bond donors (Lipinski definition) is 0. The third-order valence-electron chi connectivity index (χ3n) is 6.97. The Hall–Kier alpha value is -1.36. The molecular formula is C24H47N5. The second kappa shape index (κ2) is 12.4. The maximum absolute atomic E-state index is 2.76. The summed E-state index contributed by atoms with van der Waals surface area (Å²) in [6.07, 6.45) is 17.8. The van der Waals surface area contributed by atoms with E-state index in [9.17, 15) is 0 Å². The molecule has 3 atom stereocenters. The van der Waals surface area contributed by atoms with Gasteiger partial charge in [0.15, 0.2) is 0 Å². The zero-order valence-corrected chi connectivity index (χ0v) is 20.1. The number of unbranched alkanes of at least 4 members (excludes halogenated alkanes) is 1. The highest BCUT2D eigenvalue weighted by molar-refractivity contribution is 4.94. The van der Waals surface area contributed by atoms with Crippen LogP contribution >= 0.6 is 0 Å².